The molecule has 0 fully saturated rings. The highest BCUT2D eigenvalue weighted by Crippen LogP contribution is 2.53. The largest absolute Gasteiger partial charge is 0.457 e. The van der Waals surface area contributed by atoms with E-state index >= 15 is 0 Å². The van der Waals surface area contributed by atoms with Gasteiger partial charge in [0, 0.05) is 50.0 Å². The predicted molar refractivity (Wildman–Crippen MR) is 171 cm³/mol. The van der Waals surface area contributed by atoms with Crippen LogP contribution in [-0.4, -0.2) is 14.5 Å². The normalized spacial score (nSPS) is 13.6. The number of fused-ring (bicyclic) bond motifs is 6. The van der Waals surface area contributed by atoms with Gasteiger partial charge in [-0.1, -0.05) is 68.1 Å². The molecule has 1 aliphatic rings. The number of hydrogen-bond acceptors (Lipinski definition) is 4. The molecule has 5 heteroatoms. The number of nitrogens with zero attached hydrogens (tertiary/aromatic N) is 3. The first-order valence-electron chi connectivity index (χ1n) is 14.1. The van der Waals surface area contributed by atoms with Crippen LogP contribution in [0.1, 0.15) is 25.0 Å². The molecule has 0 unspecified atom stereocenters. The van der Waals surface area contributed by atoms with Crippen molar-refractivity contribution in [3.63, 3.8) is 0 Å². The third-order valence-electron chi connectivity index (χ3n) is 8.18. The zero-order chi connectivity index (χ0) is 28.3. The molecular weight excluding hydrogens is 534 g/mol. The van der Waals surface area contributed by atoms with Gasteiger partial charge >= 0.3 is 0 Å². The number of ether oxygens (including phenoxy) is 1. The third kappa shape index (κ3) is 3.92. The van der Waals surface area contributed by atoms with Crippen molar-refractivity contribution in [3.05, 3.63) is 139 Å². The molecule has 0 radical (unpaired) electrons. The number of benzene rings is 4. The van der Waals surface area contributed by atoms with Gasteiger partial charge in [-0.15, -0.1) is 0 Å². The summed E-state index contributed by atoms with van der Waals surface area (Å²) in [5.41, 5.74) is 6.70. The van der Waals surface area contributed by atoms with Gasteiger partial charge in [0.25, 0.3) is 0 Å². The Hall–Kier alpha value is -4.87. The first kappa shape index (κ1) is 24.9. The smallest absolute Gasteiger partial charge is 0.137 e. The van der Waals surface area contributed by atoms with Crippen LogP contribution < -0.4 is 4.74 Å². The highest BCUT2D eigenvalue weighted by Gasteiger charge is 2.36. The van der Waals surface area contributed by atoms with Gasteiger partial charge < -0.3 is 4.74 Å². The molecule has 0 atom stereocenters. The fraction of sp³-hybridized carbons (Fsp3) is 0.0811. The fourth-order valence-electron chi connectivity index (χ4n) is 6.28. The molecule has 0 N–H and O–H groups in total. The Kier molecular flexibility index (Phi) is 5.69. The van der Waals surface area contributed by atoms with Crippen LogP contribution in [0.5, 0.6) is 11.5 Å². The molecular formula is C37H27N3OS. The average molecular weight is 562 g/mol. The lowest BCUT2D eigenvalue weighted by molar-refractivity contribution is 0.483. The maximum absolute atomic E-state index is 6.47. The van der Waals surface area contributed by atoms with Crippen molar-refractivity contribution in [1.82, 2.24) is 14.5 Å². The van der Waals surface area contributed by atoms with Gasteiger partial charge in [0.2, 0.25) is 0 Å². The van der Waals surface area contributed by atoms with Gasteiger partial charge in [0.1, 0.15) is 17.3 Å². The maximum atomic E-state index is 6.47. The molecule has 0 bridgehead atoms. The average Bonchev–Trinajstić information content (AvgIpc) is 3.35. The van der Waals surface area contributed by atoms with E-state index in [-0.39, 0.29) is 5.41 Å². The minimum absolute atomic E-state index is 0.166. The van der Waals surface area contributed by atoms with E-state index in [2.05, 4.69) is 90.1 Å². The number of pyridine rings is 2. The Morgan fingerprint density at radius 2 is 1.48 bits per heavy atom. The molecule has 7 aromatic rings. The second kappa shape index (κ2) is 9.61. The Labute approximate surface area is 248 Å². The van der Waals surface area contributed by atoms with Crippen LogP contribution in [0, 0.1) is 0 Å². The van der Waals surface area contributed by atoms with Crippen LogP contribution in [0.2, 0.25) is 0 Å². The monoisotopic (exact) mass is 561 g/mol. The van der Waals surface area contributed by atoms with Gasteiger partial charge in [-0.25, -0.2) is 4.98 Å². The minimum atomic E-state index is -0.166. The van der Waals surface area contributed by atoms with Gasteiger partial charge in [-0.2, -0.15) is 0 Å². The SMILES string of the molecule is CC1(C)c2ccccc2Sc2ccc3c(c21)c1ccc(Oc2cccc(-c4ccccn4)c2)cc1n3-c1ccccn1. The molecule has 8 rings (SSSR count). The molecule has 4 heterocycles. The molecule has 0 aliphatic carbocycles. The lowest BCUT2D eigenvalue weighted by Gasteiger charge is -2.35. The highest BCUT2D eigenvalue weighted by atomic mass is 32.2. The molecule has 42 heavy (non-hydrogen) atoms. The van der Waals surface area contributed by atoms with Crippen molar-refractivity contribution in [2.24, 2.45) is 0 Å². The van der Waals surface area contributed by atoms with Crippen LogP contribution in [0.15, 0.2) is 137 Å². The summed E-state index contributed by atoms with van der Waals surface area (Å²) in [7, 11) is 0. The van der Waals surface area contributed by atoms with E-state index < -0.39 is 0 Å². The number of rotatable bonds is 4. The second-order valence-corrected chi connectivity index (χ2v) is 12.2. The number of aromatic nitrogens is 3. The predicted octanol–water partition coefficient (Wildman–Crippen LogP) is 9.82. The summed E-state index contributed by atoms with van der Waals surface area (Å²) in [5, 5.41) is 2.46. The number of hydrogen-bond donors (Lipinski definition) is 0. The van der Waals surface area contributed by atoms with E-state index in [1.54, 1.807) is 0 Å². The summed E-state index contributed by atoms with van der Waals surface area (Å²) in [4.78, 5) is 11.9. The van der Waals surface area contributed by atoms with Crippen LogP contribution in [-0.2, 0) is 5.41 Å². The highest BCUT2D eigenvalue weighted by molar-refractivity contribution is 7.99. The van der Waals surface area contributed by atoms with Crippen molar-refractivity contribution in [1.29, 1.82) is 0 Å². The van der Waals surface area contributed by atoms with Crippen LogP contribution in [0.3, 0.4) is 0 Å². The van der Waals surface area contributed by atoms with Gasteiger partial charge in [0.15, 0.2) is 0 Å². The summed E-state index contributed by atoms with van der Waals surface area (Å²) in [6.07, 6.45) is 3.66. The summed E-state index contributed by atoms with van der Waals surface area (Å²) >= 11 is 1.86. The Bertz CT molecular complexity index is 2120. The topological polar surface area (TPSA) is 39.9 Å². The van der Waals surface area contributed by atoms with Gasteiger partial charge in [0.05, 0.1) is 16.7 Å². The standard InChI is InChI=1S/C37H27N3OS/c1-37(2)28-12-3-4-14-32(28)42-33-19-18-30-35(36(33)37)27-17-16-26(23-31(27)40(30)34-15-6-8-21-39-34)41-25-11-9-10-24(22-25)29-13-5-7-20-38-29/h3-23H,1-2H3. The van der Waals surface area contributed by atoms with Crippen molar-refractivity contribution in [2.45, 2.75) is 29.1 Å². The summed E-state index contributed by atoms with van der Waals surface area (Å²) in [6.45, 7) is 4.69. The molecule has 1 aliphatic heterocycles. The van der Waals surface area contributed by atoms with E-state index in [1.165, 1.54) is 31.7 Å². The lowest BCUT2D eigenvalue weighted by Crippen LogP contribution is -2.24. The summed E-state index contributed by atoms with van der Waals surface area (Å²) < 4.78 is 8.74. The zero-order valence-corrected chi connectivity index (χ0v) is 24.1. The first-order chi connectivity index (χ1) is 20.6. The molecule has 4 nitrogen and oxygen atoms in total. The van der Waals surface area contributed by atoms with Gasteiger partial charge in [-0.05, 0) is 77.9 Å². The van der Waals surface area contributed by atoms with Crippen LogP contribution >= 0.6 is 11.8 Å². The van der Waals surface area contributed by atoms with Crippen molar-refractivity contribution in [2.75, 3.05) is 0 Å². The molecule has 4 aromatic carbocycles. The molecule has 202 valence electrons. The van der Waals surface area contributed by atoms with Crippen LogP contribution in [0.4, 0.5) is 0 Å². The van der Waals surface area contributed by atoms with Gasteiger partial charge in [-0.3, -0.25) is 9.55 Å². The Balaban J connectivity index is 1.33. The van der Waals surface area contributed by atoms with Crippen molar-refractivity contribution >= 4 is 33.6 Å². The second-order valence-electron chi connectivity index (χ2n) is 11.1. The molecule has 0 spiro atoms. The third-order valence-corrected chi connectivity index (χ3v) is 9.32. The molecule has 0 saturated heterocycles. The zero-order valence-electron chi connectivity index (χ0n) is 23.3. The Morgan fingerprint density at radius 3 is 2.31 bits per heavy atom. The fourth-order valence-corrected chi connectivity index (χ4v) is 7.70. The van der Waals surface area contributed by atoms with E-state index in [0.717, 1.165) is 39.6 Å². The Morgan fingerprint density at radius 1 is 0.667 bits per heavy atom. The molecule has 3 aromatic heterocycles. The summed E-state index contributed by atoms with van der Waals surface area (Å²) in [6, 6.07) is 39.8. The van der Waals surface area contributed by atoms with Crippen molar-refractivity contribution in [3.8, 4) is 28.6 Å². The van der Waals surface area contributed by atoms with Crippen molar-refractivity contribution < 1.29 is 4.74 Å². The summed E-state index contributed by atoms with van der Waals surface area (Å²) in [5.74, 6) is 2.42. The van der Waals surface area contributed by atoms with E-state index in [9.17, 15) is 0 Å². The molecule has 0 saturated carbocycles. The van der Waals surface area contributed by atoms with E-state index in [0.29, 0.717) is 0 Å². The van der Waals surface area contributed by atoms with Crippen LogP contribution in [0.25, 0.3) is 38.9 Å². The quantitative estimate of drug-likeness (QED) is 0.214. The van der Waals surface area contributed by atoms with E-state index in [4.69, 9.17) is 9.72 Å². The lowest BCUT2D eigenvalue weighted by atomic mass is 9.76. The maximum Gasteiger partial charge on any atom is 0.137 e. The van der Waals surface area contributed by atoms with E-state index in [1.807, 2.05) is 72.7 Å². The first-order valence-corrected chi connectivity index (χ1v) is 14.9. The minimum Gasteiger partial charge on any atom is -0.457 e. The molecule has 0 amide bonds.